The maximum Gasteiger partial charge on any atom is 0.335 e. The van der Waals surface area contributed by atoms with Crippen molar-refractivity contribution in [3.05, 3.63) is 0 Å². The summed E-state index contributed by atoms with van der Waals surface area (Å²) in [5.74, 6) is 0.910. The molecule has 6 nitrogen and oxygen atoms in total. The van der Waals surface area contributed by atoms with Crippen LogP contribution in [0.3, 0.4) is 0 Å². The predicted molar refractivity (Wildman–Crippen MR) is 146 cm³/mol. The maximum absolute atomic E-state index is 11.2. The number of fused-ring (bicyclic) bond motifs is 1. The Hall–Kier alpha value is 0.544. The van der Waals surface area contributed by atoms with Crippen LogP contribution in [0.4, 0.5) is 0 Å². The molecule has 2 rings (SSSR count). The lowest BCUT2D eigenvalue weighted by molar-refractivity contribution is -0.207. The van der Waals surface area contributed by atoms with Crippen molar-refractivity contribution in [2.75, 3.05) is 12.4 Å². The summed E-state index contributed by atoms with van der Waals surface area (Å²) in [5, 5.41) is 22.2. The van der Waals surface area contributed by atoms with Gasteiger partial charge in [-0.2, -0.15) is 0 Å². The van der Waals surface area contributed by atoms with Crippen molar-refractivity contribution in [2.45, 2.75) is 146 Å². The molecule has 2 aliphatic heterocycles. The molecule has 202 valence electrons. The molecule has 0 bridgehead atoms. The first-order valence-electron chi connectivity index (χ1n) is 13.6. The Morgan fingerprint density at radius 3 is 1.88 bits per heavy atom. The quantitative estimate of drug-likeness (QED) is 0.244. The van der Waals surface area contributed by atoms with Crippen LogP contribution in [0.2, 0.25) is 22.2 Å². The fraction of sp³-hybridized carbons (Fsp3) is 1.00. The van der Waals surface area contributed by atoms with Crippen molar-refractivity contribution < 1.29 is 27.9 Å². The first-order chi connectivity index (χ1) is 15.9. The molecule has 0 aromatic heterocycles. The van der Waals surface area contributed by atoms with Gasteiger partial charge in [0.2, 0.25) is 0 Å². The first-order valence-corrected chi connectivity index (χ1v) is 18.6. The van der Waals surface area contributed by atoms with Gasteiger partial charge >= 0.3 is 17.1 Å². The zero-order chi connectivity index (χ0) is 25.7. The second-order valence-electron chi connectivity index (χ2n) is 11.4. The largest absolute Gasteiger partial charge is 0.414 e. The van der Waals surface area contributed by atoms with Gasteiger partial charge in [-0.3, -0.25) is 0 Å². The number of aliphatic hydroxyl groups excluding tert-OH is 2. The van der Waals surface area contributed by atoms with E-state index in [2.05, 4.69) is 62.3 Å². The number of ether oxygens (including phenoxy) is 1. The lowest BCUT2D eigenvalue weighted by Crippen LogP contribution is -2.69. The van der Waals surface area contributed by atoms with Gasteiger partial charge in [0.15, 0.2) is 0 Å². The van der Waals surface area contributed by atoms with Crippen molar-refractivity contribution in [3.63, 3.8) is 0 Å². The van der Waals surface area contributed by atoms with Crippen LogP contribution in [-0.4, -0.2) is 69.5 Å². The van der Waals surface area contributed by atoms with Crippen LogP contribution in [0.5, 0.6) is 0 Å². The third-order valence-electron chi connectivity index (χ3n) is 7.50. The Morgan fingerprint density at radius 2 is 1.35 bits per heavy atom. The highest BCUT2D eigenvalue weighted by molar-refractivity contribution is 7.99. The van der Waals surface area contributed by atoms with E-state index in [4.69, 9.17) is 17.7 Å². The van der Waals surface area contributed by atoms with Crippen molar-refractivity contribution in [1.82, 2.24) is 0 Å². The minimum Gasteiger partial charge on any atom is -0.414 e. The molecule has 0 amide bonds. The van der Waals surface area contributed by atoms with E-state index >= 15 is 0 Å². The highest BCUT2D eigenvalue weighted by atomic mass is 32.2. The Bertz CT molecular complexity index is 590. The summed E-state index contributed by atoms with van der Waals surface area (Å²) in [5.41, 5.74) is 0.365. The SMILES string of the molecule is CCCCCCCS[C@H]1O[C@@H]2CO[Si](C(C)C)(C(C)C)O[Si](C(C)C)(C(C)C)O[C@H]2[C@H](O)[C@@H]1O. The Balaban J connectivity index is 2.29. The van der Waals surface area contributed by atoms with Crippen LogP contribution in [0.15, 0.2) is 0 Å². The maximum atomic E-state index is 11.2. The summed E-state index contributed by atoms with van der Waals surface area (Å²) in [4.78, 5) is 0. The molecule has 0 saturated carbocycles. The molecule has 2 N–H and O–H groups in total. The lowest BCUT2D eigenvalue weighted by Gasteiger charge is -2.54. The Kier molecular flexibility index (Phi) is 12.1. The molecule has 0 radical (unpaired) electrons. The van der Waals surface area contributed by atoms with Crippen LogP contribution in [0.25, 0.3) is 0 Å². The van der Waals surface area contributed by atoms with E-state index < -0.39 is 47.0 Å². The van der Waals surface area contributed by atoms with Gasteiger partial charge in [-0.25, -0.2) is 0 Å². The minimum atomic E-state index is -2.85. The van der Waals surface area contributed by atoms with Gasteiger partial charge in [0.25, 0.3) is 0 Å². The normalized spacial score (nSPS) is 31.7. The molecule has 0 unspecified atom stereocenters. The highest BCUT2D eigenvalue weighted by Crippen LogP contribution is 2.47. The summed E-state index contributed by atoms with van der Waals surface area (Å²) in [6.45, 7) is 20.0. The minimum absolute atomic E-state index is 0.166. The molecular weight excluding hydrogens is 485 g/mol. The molecule has 0 aromatic carbocycles. The van der Waals surface area contributed by atoms with Crippen molar-refractivity contribution in [3.8, 4) is 0 Å². The molecule has 0 aromatic rings. The fourth-order valence-electron chi connectivity index (χ4n) is 5.37. The van der Waals surface area contributed by atoms with Gasteiger partial charge in [0, 0.05) is 0 Å². The van der Waals surface area contributed by atoms with Crippen molar-refractivity contribution in [2.24, 2.45) is 0 Å². The summed E-state index contributed by atoms with van der Waals surface area (Å²) < 4.78 is 27.3. The third kappa shape index (κ3) is 6.70. The van der Waals surface area contributed by atoms with E-state index in [1.54, 1.807) is 11.8 Å². The van der Waals surface area contributed by atoms with Gasteiger partial charge in [-0.05, 0) is 34.3 Å². The zero-order valence-corrected chi connectivity index (χ0v) is 25.9. The average molecular weight is 537 g/mol. The molecule has 9 heteroatoms. The standard InChI is InChI=1S/C25H52O6SSi2/c1-10-11-12-13-14-15-32-25-23(27)22(26)24-21(29-25)16-28-33(17(2)3,18(4)5)31-34(30-24,19(6)7)20(8)9/h17-27H,10-16H2,1-9H3/t21-,22-,23+,24-,25-/m1/s1. The molecular formula is C25H52O6SSi2. The summed E-state index contributed by atoms with van der Waals surface area (Å²) in [7, 11) is -5.50. The molecule has 5 atom stereocenters. The van der Waals surface area contributed by atoms with Gasteiger partial charge in [0.1, 0.15) is 29.9 Å². The average Bonchev–Trinajstić information content (AvgIpc) is 2.74. The van der Waals surface area contributed by atoms with Crippen LogP contribution >= 0.6 is 11.8 Å². The summed E-state index contributed by atoms with van der Waals surface area (Å²) in [6, 6.07) is 0. The van der Waals surface area contributed by atoms with Gasteiger partial charge < -0.3 is 27.9 Å². The molecule has 0 spiro atoms. The second kappa shape index (κ2) is 13.4. The number of hydrogen-bond acceptors (Lipinski definition) is 7. The highest BCUT2D eigenvalue weighted by Gasteiger charge is 2.61. The Labute approximate surface area is 215 Å². The molecule has 2 heterocycles. The van der Waals surface area contributed by atoms with Crippen LogP contribution in [-0.2, 0) is 17.7 Å². The molecule has 2 fully saturated rings. The smallest absolute Gasteiger partial charge is 0.335 e. The molecule has 2 saturated heterocycles. The summed E-state index contributed by atoms with van der Waals surface area (Å²) in [6.07, 6.45) is 2.92. The van der Waals surface area contributed by atoms with Gasteiger partial charge in [-0.1, -0.05) is 88.0 Å². The predicted octanol–water partition coefficient (Wildman–Crippen LogP) is 6.09. The zero-order valence-electron chi connectivity index (χ0n) is 23.1. The van der Waals surface area contributed by atoms with E-state index in [1.165, 1.54) is 25.7 Å². The Morgan fingerprint density at radius 1 is 0.794 bits per heavy atom. The van der Waals surface area contributed by atoms with Crippen molar-refractivity contribution in [1.29, 1.82) is 0 Å². The number of unbranched alkanes of at least 4 members (excludes halogenated alkanes) is 4. The molecule has 0 aliphatic carbocycles. The third-order valence-corrected chi connectivity index (χ3v) is 19.0. The number of hydrogen-bond donors (Lipinski definition) is 2. The van der Waals surface area contributed by atoms with E-state index in [1.807, 2.05) is 0 Å². The second-order valence-corrected chi connectivity index (χ2v) is 21.4. The lowest BCUT2D eigenvalue weighted by atomic mass is 10.0. The summed E-state index contributed by atoms with van der Waals surface area (Å²) >= 11 is 1.61. The van der Waals surface area contributed by atoms with E-state index in [0.717, 1.165) is 12.2 Å². The van der Waals surface area contributed by atoms with Crippen LogP contribution in [0.1, 0.15) is 94.4 Å². The van der Waals surface area contributed by atoms with Gasteiger partial charge in [-0.15, -0.1) is 11.8 Å². The number of aliphatic hydroxyl groups is 2. The number of thioether (sulfide) groups is 1. The molecule has 34 heavy (non-hydrogen) atoms. The monoisotopic (exact) mass is 536 g/mol. The fourth-order valence-corrected chi connectivity index (χ4v) is 17.8. The topological polar surface area (TPSA) is 77.4 Å². The van der Waals surface area contributed by atoms with Crippen LogP contribution < -0.4 is 0 Å². The van der Waals surface area contributed by atoms with E-state index in [-0.39, 0.29) is 22.2 Å². The van der Waals surface area contributed by atoms with Crippen LogP contribution in [0, 0.1) is 0 Å². The van der Waals surface area contributed by atoms with E-state index in [9.17, 15) is 10.2 Å². The number of rotatable bonds is 11. The van der Waals surface area contributed by atoms with E-state index in [0.29, 0.717) is 6.61 Å². The van der Waals surface area contributed by atoms with Gasteiger partial charge in [0.05, 0.1) is 6.61 Å². The first kappa shape index (κ1) is 30.8. The van der Waals surface area contributed by atoms with Crippen molar-refractivity contribution >= 4 is 28.9 Å². The molecule has 2 aliphatic rings.